The second-order valence-electron chi connectivity index (χ2n) is 4.62. The predicted octanol–water partition coefficient (Wildman–Crippen LogP) is 0.873. The van der Waals surface area contributed by atoms with Crippen molar-refractivity contribution in [1.29, 1.82) is 0 Å². The van der Waals surface area contributed by atoms with Gasteiger partial charge in [-0.15, -0.1) is 0 Å². The van der Waals surface area contributed by atoms with Gasteiger partial charge in [0.25, 0.3) is 0 Å². The topological polar surface area (TPSA) is 38.1 Å². The standard InChI is InChI=1S/C12H19N3O/c1-10-9-15(6-3-11(10)16)7-4-12-13-5-8-14(12)2/h5,8,10H,3-4,6-7,9H2,1-2H3. The molecule has 1 atom stereocenters. The Balaban J connectivity index is 1.83. The Morgan fingerprint density at radius 2 is 2.38 bits per heavy atom. The number of likely N-dealkylation sites (tertiary alicyclic amines) is 1. The fourth-order valence-electron chi connectivity index (χ4n) is 2.19. The lowest BCUT2D eigenvalue weighted by molar-refractivity contribution is -0.125. The van der Waals surface area contributed by atoms with Crippen molar-refractivity contribution in [2.45, 2.75) is 19.8 Å². The summed E-state index contributed by atoms with van der Waals surface area (Å²) in [6, 6.07) is 0. The van der Waals surface area contributed by atoms with E-state index in [4.69, 9.17) is 0 Å². The number of hydrogen-bond acceptors (Lipinski definition) is 3. The molecule has 16 heavy (non-hydrogen) atoms. The Labute approximate surface area is 96.3 Å². The van der Waals surface area contributed by atoms with Crippen LogP contribution < -0.4 is 0 Å². The van der Waals surface area contributed by atoms with E-state index in [9.17, 15) is 4.79 Å². The molecule has 0 radical (unpaired) electrons. The molecule has 4 nitrogen and oxygen atoms in total. The lowest BCUT2D eigenvalue weighted by Gasteiger charge is -2.29. The number of imidazole rings is 1. The molecule has 1 saturated heterocycles. The molecule has 0 aliphatic carbocycles. The average molecular weight is 221 g/mol. The number of nitrogens with zero attached hydrogens (tertiary/aromatic N) is 3. The summed E-state index contributed by atoms with van der Waals surface area (Å²) in [5, 5.41) is 0. The van der Waals surface area contributed by atoms with Crippen molar-refractivity contribution in [3.05, 3.63) is 18.2 Å². The number of piperidine rings is 1. The Morgan fingerprint density at radius 1 is 1.56 bits per heavy atom. The molecule has 1 fully saturated rings. The van der Waals surface area contributed by atoms with Crippen LogP contribution in [-0.2, 0) is 18.3 Å². The highest BCUT2D eigenvalue weighted by molar-refractivity contribution is 5.81. The molecule has 1 aliphatic rings. The smallest absolute Gasteiger partial charge is 0.138 e. The van der Waals surface area contributed by atoms with Crippen LogP contribution in [0.15, 0.2) is 12.4 Å². The van der Waals surface area contributed by atoms with Crippen molar-refractivity contribution in [2.24, 2.45) is 13.0 Å². The van der Waals surface area contributed by atoms with Gasteiger partial charge in [0.05, 0.1) is 0 Å². The van der Waals surface area contributed by atoms with Gasteiger partial charge in [0.15, 0.2) is 0 Å². The third kappa shape index (κ3) is 2.50. The molecule has 2 rings (SSSR count). The van der Waals surface area contributed by atoms with Crippen molar-refractivity contribution in [3.63, 3.8) is 0 Å². The van der Waals surface area contributed by atoms with Crippen molar-refractivity contribution in [1.82, 2.24) is 14.5 Å². The highest BCUT2D eigenvalue weighted by atomic mass is 16.1. The molecule has 0 aromatic carbocycles. The minimum absolute atomic E-state index is 0.204. The number of ketones is 1. The zero-order valence-electron chi connectivity index (χ0n) is 10.0. The van der Waals surface area contributed by atoms with Crippen LogP contribution in [0.25, 0.3) is 0 Å². The number of Topliss-reactive ketones (excluding diaryl/α,β-unsaturated/α-hetero) is 1. The van der Waals surface area contributed by atoms with E-state index in [0.29, 0.717) is 12.2 Å². The van der Waals surface area contributed by atoms with Crippen molar-refractivity contribution in [3.8, 4) is 0 Å². The van der Waals surface area contributed by atoms with Crippen LogP contribution in [0.2, 0.25) is 0 Å². The molecular weight excluding hydrogens is 202 g/mol. The van der Waals surface area contributed by atoms with E-state index >= 15 is 0 Å². The van der Waals surface area contributed by atoms with Gasteiger partial charge in [-0.25, -0.2) is 4.98 Å². The van der Waals surface area contributed by atoms with Crippen LogP contribution >= 0.6 is 0 Å². The second kappa shape index (κ2) is 4.78. The van der Waals surface area contributed by atoms with Gasteiger partial charge >= 0.3 is 0 Å². The molecule has 0 spiro atoms. The Morgan fingerprint density at radius 3 is 3.00 bits per heavy atom. The summed E-state index contributed by atoms with van der Waals surface area (Å²) >= 11 is 0. The molecular formula is C12H19N3O. The molecule has 1 aromatic rings. The highest BCUT2D eigenvalue weighted by Crippen LogP contribution is 2.12. The van der Waals surface area contributed by atoms with Crippen LogP contribution in [0.4, 0.5) is 0 Å². The average Bonchev–Trinajstić information content (AvgIpc) is 2.66. The monoisotopic (exact) mass is 221 g/mol. The van der Waals surface area contributed by atoms with E-state index in [0.717, 1.165) is 31.9 Å². The van der Waals surface area contributed by atoms with E-state index < -0.39 is 0 Å². The van der Waals surface area contributed by atoms with Crippen LogP contribution in [0, 0.1) is 5.92 Å². The maximum Gasteiger partial charge on any atom is 0.138 e. The van der Waals surface area contributed by atoms with Gasteiger partial charge in [0.1, 0.15) is 11.6 Å². The van der Waals surface area contributed by atoms with Crippen LogP contribution in [0.5, 0.6) is 0 Å². The third-order valence-electron chi connectivity index (χ3n) is 3.33. The van der Waals surface area contributed by atoms with Gasteiger partial charge < -0.3 is 9.47 Å². The summed E-state index contributed by atoms with van der Waals surface area (Å²) in [7, 11) is 2.02. The summed E-state index contributed by atoms with van der Waals surface area (Å²) in [6.07, 6.45) is 5.47. The third-order valence-corrected chi connectivity index (χ3v) is 3.33. The molecule has 0 amide bonds. The number of carbonyl (C=O) groups excluding carboxylic acids is 1. The SMILES string of the molecule is CC1CN(CCc2nccn2C)CCC1=O. The fourth-order valence-corrected chi connectivity index (χ4v) is 2.19. The first kappa shape index (κ1) is 11.3. The molecule has 2 heterocycles. The van der Waals surface area contributed by atoms with Crippen molar-refractivity contribution >= 4 is 5.78 Å². The summed E-state index contributed by atoms with van der Waals surface area (Å²) in [6.45, 7) is 4.84. The summed E-state index contributed by atoms with van der Waals surface area (Å²) < 4.78 is 2.05. The first-order valence-electron chi connectivity index (χ1n) is 5.88. The maximum atomic E-state index is 11.4. The van der Waals surface area contributed by atoms with Gasteiger partial charge in [0.2, 0.25) is 0 Å². The molecule has 88 valence electrons. The van der Waals surface area contributed by atoms with Gasteiger partial charge in [-0.3, -0.25) is 4.79 Å². The van der Waals surface area contributed by atoms with Crippen LogP contribution in [0.3, 0.4) is 0 Å². The number of aromatic nitrogens is 2. The molecule has 1 unspecified atom stereocenters. The first-order chi connectivity index (χ1) is 7.66. The number of aryl methyl sites for hydroxylation is 1. The van der Waals surface area contributed by atoms with Crippen LogP contribution in [-0.4, -0.2) is 39.9 Å². The van der Waals surface area contributed by atoms with E-state index in [-0.39, 0.29) is 5.92 Å². The summed E-state index contributed by atoms with van der Waals surface area (Å²) in [5.74, 6) is 1.73. The van der Waals surface area contributed by atoms with Gasteiger partial charge in [0, 0.05) is 57.8 Å². The van der Waals surface area contributed by atoms with Gasteiger partial charge in [-0.1, -0.05) is 6.92 Å². The van der Waals surface area contributed by atoms with Crippen molar-refractivity contribution < 1.29 is 4.79 Å². The first-order valence-corrected chi connectivity index (χ1v) is 5.88. The molecule has 0 N–H and O–H groups in total. The largest absolute Gasteiger partial charge is 0.338 e. The van der Waals surface area contributed by atoms with E-state index in [1.165, 1.54) is 0 Å². The normalized spacial score (nSPS) is 22.6. The minimum atomic E-state index is 0.204. The molecule has 1 aliphatic heterocycles. The molecule has 0 bridgehead atoms. The summed E-state index contributed by atoms with van der Waals surface area (Å²) in [5.41, 5.74) is 0. The fraction of sp³-hybridized carbons (Fsp3) is 0.667. The van der Waals surface area contributed by atoms with E-state index in [1.807, 2.05) is 26.4 Å². The number of rotatable bonds is 3. The lowest BCUT2D eigenvalue weighted by atomic mass is 9.98. The Bertz CT molecular complexity index is 372. The maximum absolute atomic E-state index is 11.4. The van der Waals surface area contributed by atoms with Crippen molar-refractivity contribution in [2.75, 3.05) is 19.6 Å². The van der Waals surface area contributed by atoms with E-state index in [1.54, 1.807) is 0 Å². The van der Waals surface area contributed by atoms with E-state index in [2.05, 4.69) is 14.5 Å². The number of hydrogen-bond donors (Lipinski definition) is 0. The molecule has 0 saturated carbocycles. The summed E-state index contributed by atoms with van der Waals surface area (Å²) in [4.78, 5) is 18.0. The van der Waals surface area contributed by atoms with Gasteiger partial charge in [-0.2, -0.15) is 0 Å². The quantitative estimate of drug-likeness (QED) is 0.760. The Hall–Kier alpha value is -1.16. The molecule has 1 aromatic heterocycles. The zero-order valence-corrected chi connectivity index (χ0v) is 10.0. The zero-order chi connectivity index (χ0) is 11.5. The Kier molecular flexibility index (Phi) is 3.39. The predicted molar refractivity (Wildman–Crippen MR) is 62.1 cm³/mol. The van der Waals surface area contributed by atoms with Gasteiger partial charge in [-0.05, 0) is 0 Å². The lowest BCUT2D eigenvalue weighted by Crippen LogP contribution is -2.40. The highest BCUT2D eigenvalue weighted by Gasteiger charge is 2.23. The van der Waals surface area contributed by atoms with Crippen LogP contribution in [0.1, 0.15) is 19.2 Å². The minimum Gasteiger partial charge on any atom is -0.338 e. The number of carbonyl (C=O) groups is 1. The second-order valence-corrected chi connectivity index (χ2v) is 4.62. The molecule has 4 heteroatoms.